The molecular formula is C20H39Cl2N3O. The minimum Gasteiger partial charge on any atom is -0.354 e. The fourth-order valence-electron chi connectivity index (χ4n) is 5.64. The fraction of sp³-hybridized carbons (Fsp3) is 0.950. The zero-order valence-corrected chi connectivity index (χ0v) is 18.1. The molecule has 3 aliphatic rings. The Balaban J connectivity index is 0.00000169. The molecule has 4 nitrogen and oxygen atoms in total. The van der Waals surface area contributed by atoms with Gasteiger partial charge in [0.2, 0.25) is 5.91 Å². The second-order valence-corrected chi connectivity index (χ2v) is 8.87. The molecule has 1 amide bonds. The molecule has 3 saturated carbocycles. The van der Waals surface area contributed by atoms with E-state index in [9.17, 15) is 4.79 Å². The Morgan fingerprint density at radius 1 is 1.00 bits per heavy atom. The molecule has 2 bridgehead atoms. The van der Waals surface area contributed by atoms with Crippen LogP contribution in [0.4, 0.5) is 0 Å². The maximum atomic E-state index is 12.8. The predicted octanol–water partition coefficient (Wildman–Crippen LogP) is 3.61. The van der Waals surface area contributed by atoms with Gasteiger partial charge in [-0.1, -0.05) is 25.7 Å². The molecule has 3 aliphatic carbocycles. The average Bonchev–Trinajstić information content (AvgIpc) is 2.55. The van der Waals surface area contributed by atoms with Gasteiger partial charge in [-0.05, 0) is 70.4 Å². The normalized spacial score (nSPS) is 32.9. The zero-order chi connectivity index (χ0) is 17.1. The van der Waals surface area contributed by atoms with Crippen LogP contribution in [0.15, 0.2) is 0 Å². The van der Waals surface area contributed by atoms with Gasteiger partial charge in [0, 0.05) is 24.5 Å². The van der Waals surface area contributed by atoms with Gasteiger partial charge >= 0.3 is 0 Å². The SMILES string of the molecule is CN(C)C(CNC(=O)C1CC2CCCC(C1)C2N)C1CCCCC1.Cl.Cl. The minimum absolute atomic E-state index is 0. The number of hydrogen-bond acceptors (Lipinski definition) is 3. The lowest BCUT2D eigenvalue weighted by atomic mass is 9.65. The van der Waals surface area contributed by atoms with Crippen LogP contribution in [0, 0.1) is 23.7 Å². The monoisotopic (exact) mass is 407 g/mol. The van der Waals surface area contributed by atoms with E-state index < -0.39 is 0 Å². The summed E-state index contributed by atoms with van der Waals surface area (Å²) in [5.41, 5.74) is 6.37. The maximum Gasteiger partial charge on any atom is 0.223 e. The number of hydrogen-bond donors (Lipinski definition) is 2. The summed E-state index contributed by atoms with van der Waals surface area (Å²) >= 11 is 0. The van der Waals surface area contributed by atoms with Crippen LogP contribution in [0.1, 0.15) is 64.2 Å². The van der Waals surface area contributed by atoms with Crippen molar-refractivity contribution in [1.82, 2.24) is 10.2 Å². The molecule has 0 spiro atoms. The highest BCUT2D eigenvalue weighted by Gasteiger charge is 2.40. The molecule has 0 aliphatic heterocycles. The molecule has 3 rings (SSSR count). The number of likely N-dealkylation sites (N-methyl/N-ethyl adjacent to an activating group) is 1. The van der Waals surface area contributed by atoms with Crippen molar-refractivity contribution in [3.8, 4) is 0 Å². The third-order valence-electron chi connectivity index (χ3n) is 7.13. The van der Waals surface area contributed by atoms with Crippen LogP contribution in [0.2, 0.25) is 0 Å². The first-order valence-corrected chi connectivity index (χ1v) is 10.3. The number of nitrogens with zero attached hydrogens (tertiary/aromatic N) is 1. The average molecular weight is 408 g/mol. The lowest BCUT2D eigenvalue weighted by Gasteiger charge is -2.43. The largest absolute Gasteiger partial charge is 0.354 e. The summed E-state index contributed by atoms with van der Waals surface area (Å²) in [6.07, 6.45) is 12.5. The van der Waals surface area contributed by atoms with E-state index in [1.54, 1.807) is 0 Å². The standard InChI is InChI=1S/C20H37N3O.2ClH/c1-23(2)18(14-7-4-3-5-8-14)13-22-20(24)17-11-15-9-6-10-16(12-17)19(15)21;;/h14-19H,3-13,21H2,1-2H3,(H,22,24);2*1H. The van der Waals surface area contributed by atoms with Crippen LogP contribution in [0.25, 0.3) is 0 Å². The van der Waals surface area contributed by atoms with Crippen LogP contribution < -0.4 is 11.1 Å². The Hall–Kier alpha value is -0.0300. The van der Waals surface area contributed by atoms with Gasteiger partial charge < -0.3 is 16.0 Å². The maximum absolute atomic E-state index is 12.8. The summed E-state index contributed by atoms with van der Waals surface area (Å²) in [5, 5.41) is 3.31. The first-order chi connectivity index (χ1) is 11.6. The quantitative estimate of drug-likeness (QED) is 0.731. The number of amides is 1. The molecule has 0 heterocycles. The Bertz CT molecular complexity index is 415. The molecule has 6 heteroatoms. The molecular weight excluding hydrogens is 369 g/mol. The third kappa shape index (κ3) is 5.73. The van der Waals surface area contributed by atoms with Crippen LogP contribution in [0.5, 0.6) is 0 Å². The van der Waals surface area contributed by atoms with Crippen LogP contribution in [-0.4, -0.2) is 43.5 Å². The van der Waals surface area contributed by atoms with Crippen molar-refractivity contribution in [2.75, 3.05) is 20.6 Å². The molecule has 0 radical (unpaired) electrons. The summed E-state index contributed by atoms with van der Waals surface area (Å²) < 4.78 is 0. The van der Waals surface area contributed by atoms with Crippen molar-refractivity contribution < 1.29 is 4.79 Å². The molecule has 26 heavy (non-hydrogen) atoms. The Labute approximate surface area is 172 Å². The molecule has 3 atom stereocenters. The summed E-state index contributed by atoms with van der Waals surface area (Å²) in [7, 11) is 4.32. The predicted molar refractivity (Wildman–Crippen MR) is 113 cm³/mol. The first kappa shape index (κ1) is 24.0. The highest BCUT2D eigenvalue weighted by atomic mass is 35.5. The van der Waals surface area contributed by atoms with Crippen molar-refractivity contribution in [3.63, 3.8) is 0 Å². The van der Waals surface area contributed by atoms with Crippen molar-refractivity contribution >= 4 is 30.7 Å². The zero-order valence-electron chi connectivity index (χ0n) is 16.5. The van der Waals surface area contributed by atoms with Gasteiger partial charge in [0.05, 0.1) is 0 Å². The molecule has 154 valence electrons. The number of nitrogens with one attached hydrogen (secondary N) is 1. The van der Waals surface area contributed by atoms with E-state index in [0.29, 0.717) is 29.8 Å². The van der Waals surface area contributed by atoms with E-state index in [-0.39, 0.29) is 30.7 Å². The topological polar surface area (TPSA) is 58.4 Å². The Morgan fingerprint density at radius 2 is 1.58 bits per heavy atom. The van der Waals surface area contributed by atoms with E-state index >= 15 is 0 Å². The smallest absolute Gasteiger partial charge is 0.223 e. The summed E-state index contributed by atoms with van der Waals surface area (Å²) in [6, 6.07) is 0.833. The summed E-state index contributed by atoms with van der Waals surface area (Å²) in [6.45, 7) is 0.814. The van der Waals surface area contributed by atoms with Gasteiger partial charge in [0.15, 0.2) is 0 Å². The van der Waals surface area contributed by atoms with E-state index in [0.717, 1.165) is 25.3 Å². The van der Waals surface area contributed by atoms with Crippen molar-refractivity contribution in [2.24, 2.45) is 29.4 Å². The van der Waals surface area contributed by atoms with Crippen LogP contribution in [0.3, 0.4) is 0 Å². The number of carbonyl (C=O) groups is 1. The number of rotatable bonds is 5. The lowest BCUT2D eigenvalue weighted by Crippen LogP contribution is -2.51. The molecule has 0 aromatic rings. The van der Waals surface area contributed by atoms with Crippen molar-refractivity contribution in [1.29, 1.82) is 0 Å². The Kier molecular flexibility index (Phi) is 10.2. The van der Waals surface area contributed by atoms with Gasteiger partial charge in [-0.2, -0.15) is 0 Å². The van der Waals surface area contributed by atoms with E-state index in [1.807, 2.05) is 0 Å². The second-order valence-electron chi connectivity index (χ2n) is 8.87. The van der Waals surface area contributed by atoms with Gasteiger partial charge in [-0.15, -0.1) is 24.8 Å². The van der Waals surface area contributed by atoms with Gasteiger partial charge in [-0.3, -0.25) is 4.79 Å². The number of nitrogens with two attached hydrogens (primary N) is 1. The molecule has 3 unspecified atom stereocenters. The van der Waals surface area contributed by atoms with Gasteiger partial charge in [-0.25, -0.2) is 0 Å². The van der Waals surface area contributed by atoms with Crippen LogP contribution >= 0.6 is 24.8 Å². The van der Waals surface area contributed by atoms with Crippen LogP contribution in [-0.2, 0) is 4.79 Å². The number of fused-ring (bicyclic) bond motifs is 2. The highest BCUT2D eigenvalue weighted by molar-refractivity contribution is 5.85. The Morgan fingerprint density at radius 3 is 2.12 bits per heavy atom. The summed E-state index contributed by atoms with van der Waals surface area (Å²) in [5.74, 6) is 2.40. The van der Waals surface area contributed by atoms with Crippen molar-refractivity contribution in [3.05, 3.63) is 0 Å². The van der Waals surface area contributed by atoms with E-state index in [2.05, 4.69) is 24.3 Å². The van der Waals surface area contributed by atoms with E-state index in [4.69, 9.17) is 5.73 Å². The minimum atomic E-state index is 0. The number of halogens is 2. The summed E-state index contributed by atoms with van der Waals surface area (Å²) in [4.78, 5) is 15.1. The van der Waals surface area contributed by atoms with Gasteiger partial charge in [0.1, 0.15) is 0 Å². The van der Waals surface area contributed by atoms with Gasteiger partial charge in [0.25, 0.3) is 0 Å². The lowest BCUT2D eigenvalue weighted by molar-refractivity contribution is -0.128. The molecule has 0 aromatic heterocycles. The third-order valence-corrected chi connectivity index (χ3v) is 7.13. The molecule has 3 fully saturated rings. The molecule has 0 saturated heterocycles. The van der Waals surface area contributed by atoms with Crippen molar-refractivity contribution in [2.45, 2.75) is 76.3 Å². The highest BCUT2D eigenvalue weighted by Crippen LogP contribution is 2.41. The molecule has 0 aromatic carbocycles. The fourth-order valence-corrected chi connectivity index (χ4v) is 5.64. The first-order valence-electron chi connectivity index (χ1n) is 10.3. The molecule has 3 N–H and O–H groups in total. The van der Waals surface area contributed by atoms with E-state index in [1.165, 1.54) is 51.4 Å². The number of carbonyl (C=O) groups excluding carboxylic acids is 1. The second kappa shape index (κ2) is 11.1.